The molecule has 0 spiro atoms. The number of nitriles is 1. The lowest BCUT2D eigenvalue weighted by Gasteiger charge is -2.07. The van der Waals surface area contributed by atoms with Gasteiger partial charge in [0.05, 0.1) is 11.6 Å². The number of halogens is 3. The first-order valence-electron chi connectivity index (χ1n) is 5.47. The van der Waals surface area contributed by atoms with Gasteiger partial charge in [-0.2, -0.15) is 5.26 Å². The quantitative estimate of drug-likeness (QED) is 0.915. The molecule has 0 saturated carbocycles. The molecule has 0 aromatic heterocycles. The number of nitrogens with zero attached hydrogens (tertiary/aromatic N) is 1. The van der Waals surface area contributed by atoms with Crippen LogP contribution in [0.5, 0.6) is 0 Å². The van der Waals surface area contributed by atoms with E-state index in [1.54, 1.807) is 0 Å². The summed E-state index contributed by atoms with van der Waals surface area (Å²) in [5.74, 6) is -4.71. The highest BCUT2D eigenvalue weighted by molar-refractivity contribution is 6.04. The summed E-state index contributed by atoms with van der Waals surface area (Å²) in [5.41, 5.74) is -0.227. The second-order valence-corrected chi connectivity index (χ2v) is 3.89. The van der Waals surface area contributed by atoms with E-state index < -0.39 is 28.9 Å². The average Bonchev–Trinajstić information content (AvgIpc) is 2.38. The van der Waals surface area contributed by atoms with Crippen LogP contribution in [-0.2, 0) is 0 Å². The fraction of sp³-hybridized carbons (Fsp3) is 0. The molecule has 20 heavy (non-hydrogen) atoms. The third-order valence-electron chi connectivity index (χ3n) is 2.51. The van der Waals surface area contributed by atoms with E-state index in [9.17, 15) is 18.0 Å². The molecule has 1 amide bonds. The van der Waals surface area contributed by atoms with Crippen molar-refractivity contribution in [3.63, 3.8) is 0 Å². The zero-order chi connectivity index (χ0) is 14.7. The minimum atomic E-state index is -1.28. The number of carbonyl (C=O) groups excluding carboxylic acids is 1. The van der Waals surface area contributed by atoms with Gasteiger partial charge in [-0.1, -0.05) is 0 Å². The Morgan fingerprint density at radius 1 is 1.05 bits per heavy atom. The minimum Gasteiger partial charge on any atom is -0.322 e. The van der Waals surface area contributed by atoms with Gasteiger partial charge in [0, 0.05) is 17.8 Å². The van der Waals surface area contributed by atoms with Crippen molar-refractivity contribution in [1.82, 2.24) is 0 Å². The first kappa shape index (κ1) is 13.6. The molecule has 0 atom stereocenters. The Balaban J connectivity index is 2.26. The summed E-state index contributed by atoms with van der Waals surface area (Å²) in [4.78, 5) is 11.7. The largest absolute Gasteiger partial charge is 0.322 e. The lowest BCUT2D eigenvalue weighted by atomic mass is 10.1. The SMILES string of the molecule is N#Cc1ccc(NC(=O)c2c(F)cc(F)cc2F)cc1. The van der Waals surface area contributed by atoms with E-state index in [1.165, 1.54) is 24.3 Å². The molecule has 2 rings (SSSR count). The number of anilines is 1. The number of rotatable bonds is 2. The highest BCUT2D eigenvalue weighted by Gasteiger charge is 2.19. The summed E-state index contributed by atoms with van der Waals surface area (Å²) in [6, 6.07) is 8.44. The number of nitrogens with one attached hydrogen (secondary N) is 1. The number of hydrogen-bond donors (Lipinski definition) is 1. The van der Waals surface area contributed by atoms with Crippen LogP contribution in [0.25, 0.3) is 0 Å². The Labute approximate surface area is 112 Å². The minimum absolute atomic E-state index is 0.261. The molecular formula is C14H7F3N2O. The molecule has 6 heteroatoms. The Morgan fingerprint density at radius 3 is 2.10 bits per heavy atom. The maximum absolute atomic E-state index is 13.4. The van der Waals surface area contributed by atoms with Gasteiger partial charge in [-0.25, -0.2) is 13.2 Å². The molecule has 0 heterocycles. The first-order valence-corrected chi connectivity index (χ1v) is 5.47. The fourth-order valence-electron chi connectivity index (χ4n) is 1.58. The van der Waals surface area contributed by atoms with E-state index in [-0.39, 0.29) is 5.69 Å². The van der Waals surface area contributed by atoms with Gasteiger partial charge >= 0.3 is 0 Å². The van der Waals surface area contributed by atoms with Crippen LogP contribution in [0.1, 0.15) is 15.9 Å². The van der Waals surface area contributed by atoms with Gasteiger partial charge in [0.2, 0.25) is 0 Å². The van der Waals surface area contributed by atoms with Crippen LogP contribution in [0.3, 0.4) is 0 Å². The lowest BCUT2D eigenvalue weighted by Crippen LogP contribution is -2.16. The van der Waals surface area contributed by atoms with Crippen molar-refractivity contribution in [2.75, 3.05) is 5.32 Å². The van der Waals surface area contributed by atoms with Crippen molar-refractivity contribution in [2.45, 2.75) is 0 Å². The second-order valence-electron chi connectivity index (χ2n) is 3.89. The first-order chi connectivity index (χ1) is 9.51. The van der Waals surface area contributed by atoms with Gasteiger partial charge in [0.25, 0.3) is 5.91 Å². The summed E-state index contributed by atoms with van der Waals surface area (Å²) >= 11 is 0. The maximum Gasteiger partial charge on any atom is 0.261 e. The molecule has 0 unspecified atom stereocenters. The van der Waals surface area contributed by atoms with Crippen LogP contribution < -0.4 is 5.32 Å². The summed E-state index contributed by atoms with van der Waals surface area (Å²) in [7, 11) is 0. The Kier molecular flexibility index (Phi) is 3.71. The molecule has 2 aromatic carbocycles. The molecule has 0 aliphatic heterocycles. The molecule has 0 fully saturated rings. The van der Waals surface area contributed by atoms with Crippen LogP contribution in [-0.4, -0.2) is 5.91 Å². The summed E-state index contributed by atoms with van der Waals surface area (Å²) in [5, 5.41) is 10.9. The van der Waals surface area contributed by atoms with Crippen molar-refractivity contribution in [2.24, 2.45) is 0 Å². The van der Waals surface area contributed by atoms with Gasteiger partial charge in [0.1, 0.15) is 23.0 Å². The van der Waals surface area contributed by atoms with Crippen molar-refractivity contribution in [3.8, 4) is 6.07 Å². The lowest BCUT2D eigenvalue weighted by molar-refractivity contribution is 0.101. The predicted octanol–water partition coefficient (Wildman–Crippen LogP) is 3.23. The van der Waals surface area contributed by atoms with E-state index in [0.717, 1.165) is 0 Å². The Bertz CT molecular complexity index is 682. The van der Waals surface area contributed by atoms with Crippen LogP contribution >= 0.6 is 0 Å². The number of hydrogen-bond acceptors (Lipinski definition) is 2. The van der Waals surface area contributed by atoms with Gasteiger partial charge in [0.15, 0.2) is 0 Å². The van der Waals surface area contributed by atoms with Crippen LogP contribution in [0, 0.1) is 28.8 Å². The smallest absolute Gasteiger partial charge is 0.261 e. The van der Waals surface area contributed by atoms with Crippen LogP contribution in [0.2, 0.25) is 0 Å². The van der Waals surface area contributed by atoms with E-state index in [1.807, 2.05) is 6.07 Å². The standard InChI is InChI=1S/C14H7F3N2O/c15-9-5-11(16)13(12(17)6-9)14(20)19-10-3-1-8(7-18)2-4-10/h1-6H,(H,19,20). The molecule has 0 aliphatic rings. The zero-order valence-corrected chi connectivity index (χ0v) is 9.95. The molecule has 0 radical (unpaired) electrons. The predicted molar refractivity (Wildman–Crippen MR) is 65.4 cm³/mol. The van der Waals surface area contributed by atoms with E-state index in [0.29, 0.717) is 17.7 Å². The second kappa shape index (κ2) is 5.45. The van der Waals surface area contributed by atoms with E-state index in [4.69, 9.17) is 5.26 Å². The van der Waals surface area contributed by atoms with Crippen LogP contribution in [0.15, 0.2) is 36.4 Å². The molecule has 0 saturated heterocycles. The topological polar surface area (TPSA) is 52.9 Å². The molecule has 2 aromatic rings. The Morgan fingerprint density at radius 2 is 1.60 bits per heavy atom. The maximum atomic E-state index is 13.4. The van der Waals surface area contributed by atoms with Crippen molar-refractivity contribution >= 4 is 11.6 Å². The molecular weight excluding hydrogens is 269 g/mol. The molecule has 0 bridgehead atoms. The third kappa shape index (κ3) is 2.78. The van der Waals surface area contributed by atoms with Gasteiger partial charge in [-0.3, -0.25) is 4.79 Å². The highest BCUT2D eigenvalue weighted by Crippen LogP contribution is 2.17. The number of carbonyl (C=O) groups is 1. The normalized spacial score (nSPS) is 9.90. The monoisotopic (exact) mass is 276 g/mol. The summed E-state index contributed by atoms with van der Waals surface area (Å²) < 4.78 is 39.5. The zero-order valence-electron chi connectivity index (χ0n) is 9.95. The van der Waals surface area contributed by atoms with Gasteiger partial charge < -0.3 is 5.32 Å². The average molecular weight is 276 g/mol. The van der Waals surface area contributed by atoms with Crippen molar-refractivity contribution in [1.29, 1.82) is 5.26 Å². The van der Waals surface area contributed by atoms with Crippen molar-refractivity contribution in [3.05, 3.63) is 65.0 Å². The van der Waals surface area contributed by atoms with E-state index >= 15 is 0 Å². The van der Waals surface area contributed by atoms with Crippen LogP contribution in [0.4, 0.5) is 18.9 Å². The fourth-order valence-corrected chi connectivity index (χ4v) is 1.58. The van der Waals surface area contributed by atoms with E-state index in [2.05, 4.69) is 5.32 Å². The molecule has 1 N–H and O–H groups in total. The molecule has 0 aliphatic carbocycles. The van der Waals surface area contributed by atoms with Crippen molar-refractivity contribution < 1.29 is 18.0 Å². The van der Waals surface area contributed by atoms with Gasteiger partial charge in [-0.05, 0) is 24.3 Å². The Hall–Kier alpha value is -2.81. The van der Waals surface area contributed by atoms with Gasteiger partial charge in [-0.15, -0.1) is 0 Å². The highest BCUT2D eigenvalue weighted by atomic mass is 19.1. The summed E-state index contributed by atoms with van der Waals surface area (Å²) in [6.07, 6.45) is 0. The third-order valence-corrected chi connectivity index (χ3v) is 2.51. The molecule has 3 nitrogen and oxygen atoms in total. The summed E-state index contributed by atoms with van der Waals surface area (Å²) in [6.45, 7) is 0. The molecule has 100 valence electrons. The number of amides is 1. The number of benzene rings is 2.